The normalized spacial score (nSPS) is 12.9. The van der Waals surface area contributed by atoms with E-state index < -0.39 is 32.0 Å². The Morgan fingerprint density at radius 1 is 1.09 bits per heavy atom. The fourth-order valence-corrected chi connectivity index (χ4v) is 5.81. The summed E-state index contributed by atoms with van der Waals surface area (Å²) in [5, 5.41) is 3.04. The lowest BCUT2D eigenvalue weighted by molar-refractivity contribution is -0.117. The van der Waals surface area contributed by atoms with E-state index in [1.165, 1.54) is 49.6 Å². The molecule has 0 heterocycles. The first-order valence-electron chi connectivity index (χ1n) is 10.1. The first-order valence-corrected chi connectivity index (χ1v) is 13.8. The van der Waals surface area contributed by atoms with Gasteiger partial charge in [0.1, 0.15) is 11.8 Å². The molecule has 2 aromatic carbocycles. The summed E-state index contributed by atoms with van der Waals surface area (Å²) in [5.74, 6) is -0.429. The minimum Gasteiger partial charge on any atom is -0.495 e. The lowest BCUT2D eigenvalue weighted by Gasteiger charge is -2.30. The maximum atomic E-state index is 13.2. The van der Waals surface area contributed by atoms with E-state index in [1.807, 2.05) is 0 Å². The number of hydrogen-bond donors (Lipinski definition) is 2. The molecule has 2 N–H and O–H groups in total. The lowest BCUT2D eigenvalue weighted by atomic mass is 10.1. The highest BCUT2D eigenvalue weighted by Crippen LogP contribution is 2.30. The van der Waals surface area contributed by atoms with Gasteiger partial charge in [-0.2, -0.15) is 0 Å². The van der Waals surface area contributed by atoms with Crippen LogP contribution in [0.2, 0.25) is 5.02 Å². The molecular weight excluding hydrogens is 490 g/mol. The third-order valence-electron chi connectivity index (χ3n) is 4.54. The van der Waals surface area contributed by atoms with Gasteiger partial charge in [-0.15, -0.1) is 0 Å². The van der Waals surface area contributed by atoms with Crippen molar-refractivity contribution in [1.82, 2.24) is 4.72 Å². The van der Waals surface area contributed by atoms with Gasteiger partial charge in [-0.05, 0) is 62.7 Å². The molecule has 182 valence electrons. The van der Waals surface area contributed by atoms with Crippen LogP contribution in [0.25, 0.3) is 0 Å². The summed E-state index contributed by atoms with van der Waals surface area (Å²) in [6.07, 6.45) is 1.15. The largest absolute Gasteiger partial charge is 0.495 e. The highest BCUT2D eigenvalue weighted by Gasteiger charge is 2.32. The summed E-state index contributed by atoms with van der Waals surface area (Å²) in [4.78, 5) is 13.1. The van der Waals surface area contributed by atoms with Gasteiger partial charge in [-0.25, -0.2) is 21.6 Å². The van der Waals surface area contributed by atoms with E-state index in [1.54, 1.807) is 20.8 Å². The van der Waals surface area contributed by atoms with Crippen LogP contribution in [-0.2, 0) is 24.8 Å². The number of nitrogens with one attached hydrogen (secondary N) is 2. The van der Waals surface area contributed by atoms with Crippen LogP contribution in [0.3, 0.4) is 0 Å². The van der Waals surface area contributed by atoms with Crippen LogP contribution in [0, 0.1) is 0 Å². The molecule has 1 atom stereocenters. The van der Waals surface area contributed by atoms with Gasteiger partial charge in [-0.3, -0.25) is 9.10 Å². The molecule has 0 aliphatic heterocycles. The fourth-order valence-electron chi connectivity index (χ4n) is 3.19. The maximum Gasteiger partial charge on any atom is 0.248 e. The summed E-state index contributed by atoms with van der Waals surface area (Å²) in [5.41, 5.74) is 0.366. The Labute approximate surface area is 200 Å². The predicted octanol–water partition coefficient (Wildman–Crippen LogP) is 3.22. The van der Waals surface area contributed by atoms with Crippen molar-refractivity contribution in [3.63, 3.8) is 0 Å². The highest BCUT2D eigenvalue weighted by atomic mass is 35.5. The second-order valence-corrected chi connectivity index (χ2v) is 11.6. The Morgan fingerprint density at radius 2 is 1.70 bits per heavy atom. The van der Waals surface area contributed by atoms with Crippen molar-refractivity contribution in [2.45, 2.75) is 44.2 Å². The molecule has 0 saturated heterocycles. The van der Waals surface area contributed by atoms with Gasteiger partial charge in [0.15, 0.2) is 0 Å². The van der Waals surface area contributed by atoms with Crippen molar-refractivity contribution in [2.24, 2.45) is 0 Å². The Hall–Kier alpha value is -2.34. The van der Waals surface area contributed by atoms with E-state index in [0.717, 1.165) is 10.6 Å². The average Bonchev–Trinajstić information content (AvgIpc) is 2.70. The van der Waals surface area contributed by atoms with Crippen LogP contribution in [0.5, 0.6) is 5.75 Å². The molecule has 2 rings (SSSR count). The second kappa shape index (κ2) is 10.7. The Bertz CT molecular complexity index is 1200. The number of ether oxygens (including phenoxy) is 1. The molecular formula is C21H28ClN3O6S2. The molecule has 0 saturated carbocycles. The summed E-state index contributed by atoms with van der Waals surface area (Å²) >= 11 is 5.91. The smallest absolute Gasteiger partial charge is 0.248 e. The van der Waals surface area contributed by atoms with Gasteiger partial charge < -0.3 is 10.1 Å². The molecule has 12 heteroatoms. The number of anilines is 2. The van der Waals surface area contributed by atoms with Crippen LogP contribution >= 0.6 is 11.6 Å². The molecule has 2 aromatic rings. The standard InChI is InChI=1S/C21H28ClN3O6S2/c1-6-19(25(32(5,27)28)16-9-7-15(22)8-10-16)21(26)23-18-13-17(11-12-20(18)31-4)33(29,30)24-14(2)3/h7-14,19,24H,6H2,1-5H3,(H,23,26)/t19-/m0/s1. The van der Waals surface area contributed by atoms with E-state index in [0.29, 0.717) is 5.02 Å². The number of benzene rings is 2. The minimum atomic E-state index is -3.85. The zero-order valence-electron chi connectivity index (χ0n) is 19.0. The highest BCUT2D eigenvalue weighted by molar-refractivity contribution is 7.92. The van der Waals surface area contributed by atoms with Crippen molar-refractivity contribution < 1.29 is 26.4 Å². The van der Waals surface area contributed by atoms with E-state index >= 15 is 0 Å². The molecule has 0 fully saturated rings. The third kappa shape index (κ3) is 6.83. The number of carbonyl (C=O) groups is 1. The topological polar surface area (TPSA) is 122 Å². The predicted molar refractivity (Wildman–Crippen MR) is 130 cm³/mol. The molecule has 0 aliphatic carbocycles. The molecule has 0 aromatic heterocycles. The average molecular weight is 518 g/mol. The number of amides is 1. The fraction of sp³-hybridized carbons (Fsp3) is 0.381. The number of sulfonamides is 2. The molecule has 0 bridgehead atoms. The van der Waals surface area contributed by atoms with Gasteiger partial charge in [0.25, 0.3) is 0 Å². The zero-order chi connectivity index (χ0) is 25.0. The zero-order valence-corrected chi connectivity index (χ0v) is 21.4. The SMILES string of the molecule is CC[C@@H](C(=O)Nc1cc(S(=O)(=O)NC(C)C)ccc1OC)N(c1ccc(Cl)cc1)S(C)(=O)=O. The van der Waals surface area contributed by atoms with Gasteiger partial charge in [0.05, 0.1) is 29.6 Å². The third-order valence-corrected chi connectivity index (χ3v) is 7.63. The van der Waals surface area contributed by atoms with E-state index in [2.05, 4.69) is 10.0 Å². The van der Waals surface area contributed by atoms with Crippen LogP contribution in [-0.4, -0.2) is 48.2 Å². The lowest BCUT2D eigenvalue weighted by Crippen LogP contribution is -2.47. The number of nitrogens with zero attached hydrogens (tertiary/aromatic N) is 1. The van der Waals surface area contributed by atoms with E-state index in [-0.39, 0.29) is 34.5 Å². The molecule has 0 unspecified atom stereocenters. The Morgan fingerprint density at radius 3 is 2.18 bits per heavy atom. The first kappa shape index (κ1) is 26.9. The molecule has 0 radical (unpaired) electrons. The van der Waals surface area contributed by atoms with Crippen molar-refractivity contribution in [1.29, 1.82) is 0 Å². The van der Waals surface area contributed by atoms with Crippen molar-refractivity contribution in [3.8, 4) is 5.75 Å². The van der Waals surface area contributed by atoms with Crippen molar-refractivity contribution in [2.75, 3.05) is 23.0 Å². The van der Waals surface area contributed by atoms with Crippen LogP contribution < -0.4 is 19.1 Å². The summed E-state index contributed by atoms with van der Waals surface area (Å²) < 4.78 is 59.0. The van der Waals surface area contributed by atoms with Gasteiger partial charge >= 0.3 is 0 Å². The minimum absolute atomic E-state index is 0.0713. The molecule has 0 spiro atoms. The monoisotopic (exact) mass is 517 g/mol. The second-order valence-electron chi connectivity index (χ2n) is 7.59. The van der Waals surface area contributed by atoms with Crippen molar-refractivity contribution in [3.05, 3.63) is 47.5 Å². The Kier molecular flexibility index (Phi) is 8.75. The van der Waals surface area contributed by atoms with Crippen molar-refractivity contribution >= 4 is 48.9 Å². The number of carbonyl (C=O) groups excluding carboxylic acids is 1. The Balaban J connectivity index is 2.47. The quantitative estimate of drug-likeness (QED) is 0.499. The summed E-state index contributed by atoms with van der Waals surface area (Å²) in [6.45, 7) is 5.04. The molecule has 9 nitrogen and oxygen atoms in total. The van der Waals surface area contributed by atoms with Crippen LogP contribution in [0.4, 0.5) is 11.4 Å². The number of halogens is 1. The van der Waals surface area contributed by atoms with Gasteiger partial charge in [-0.1, -0.05) is 18.5 Å². The molecule has 33 heavy (non-hydrogen) atoms. The van der Waals surface area contributed by atoms with Gasteiger partial charge in [0, 0.05) is 11.1 Å². The van der Waals surface area contributed by atoms with Crippen LogP contribution in [0.1, 0.15) is 27.2 Å². The summed E-state index contributed by atoms with van der Waals surface area (Å²) in [6, 6.07) is 8.66. The summed E-state index contributed by atoms with van der Waals surface area (Å²) in [7, 11) is -6.30. The van der Waals surface area contributed by atoms with Gasteiger partial charge in [0.2, 0.25) is 26.0 Å². The number of rotatable bonds is 10. The first-order chi connectivity index (χ1) is 15.3. The molecule has 0 aliphatic rings. The maximum absolute atomic E-state index is 13.2. The number of methoxy groups -OCH3 is 1. The van der Waals surface area contributed by atoms with Crippen LogP contribution in [0.15, 0.2) is 47.4 Å². The number of hydrogen-bond acceptors (Lipinski definition) is 6. The molecule has 1 amide bonds. The van der Waals surface area contributed by atoms with E-state index in [4.69, 9.17) is 16.3 Å². The van der Waals surface area contributed by atoms with E-state index in [9.17, 15) is 21.6 Å².